The fourth-order valence-electron chi connectivity index (χ4n) is 2.14. The molecule has 6 heteroatoms. The van der Waals surface area contributed by atoms with Gasteiger partial charge in [0, 0.05) is 26.2 Å². The third kappa shape index (κ3) is 3.04. The lowest BCUT2D eigenvalue weighted by Crippen LogP contribution is -2.48. The number of rotatable bonds is 3. The van der Waals surface area contributed by atoms with Crippen molar-refractivity contribution >= 4 is 10.0 Å². The van der Waals surface area contributed by atoms with Crippen molar-refractivity contribution in [1.29, 1.82) is 0 Å². The largest absolute Gasteiger partial charge is 0.314 e. The van der Waals surface area contributed by atoms with Crippen molar-refractivity contribution in [2.75, 3.05) is 26.2 Å². The summed E-state index contributed by atoms with van der Waals surface area (Å²) < 4.78 is 23.5. The summed E-state index contributed by atoms with van der Waals surface area (Å²) in [5.74, 6) is 0. The van der Waals surface area contributed by atoms with Gasteiger partial charge in [0.25, 0.3) is 0 Å². The van der Waals surface area contributed by atoms with Crippen molar-refractivity contribution in [3.05, 3.63) is 35.9 Å². The summed E-state index contributed by atoms with van der Waals surface area (Å²) in [6.45, 7) is 2.96. The molecule has 1 aromatic rings. The lowest BCUT2D eigenvalue weighted by molar-refractivity contribution is 0.219. The van der Waals surface area contributed by atoms with Gasteiger partial charge in [0.1, 0.15) is 0 Å². The molecule has 1 atom stereocenters. The number of hydrogen-bond acceptors (Lipinski definition) is 4. The summed E-state index contributed by atoms with van der Waals surface area (Å²) >= 11 is 0. The van der Waals surface area contributed by atoms with E-state index in [1.54, 1.807) is 12.1 Å². The standard InChI is InChI=1S/C11H17N3O2S/c12-17(15,16)11(10-4-2-1-3-5-10)14-8-6-13-7-9-14/h1-5,11,13H,6-9H2,(H2,12,15,16). The summed E-state index contributed by atoms with van der Waals surface area (Å²) in [6, 6.07) is 9.13. The number of nitrogens with two attached hydrogens (primary N) is 1. The van der Waals surface area contributed by atoms with Gasteiger partial charge in [-0.2, -0.15) is 0 Å². The normalized spacial score (nSPS) is 20.1. The number of sulfonamides is 1. The molecule has 0 aromatic heterocycles. The van der Waals surface area contributed by atoms with Crippen LogP contribution >= 0.6 is 0 Å². The van der Waals surface area contributed by atoms with Crippen LogP contribution in [0.3, 0.4) is 0 Å². The molecule has 0 radical (unpaired) electrons. The number of piperazine rings is 1. The molecule has 5 nitrogen and oxygen atoms in total. The fraction of sp³-hybridized carbons (Fsp3) is 0.455. The Balaban J connectivity index is 2.32. The molecule has 1 fully saturated rings. The molecule has 0 saturated carbocycles. The number of primary sulfonamides is 1. The van der Waals surface area contributed by atoms with E-state index in [1.807, 2.05) is 23.1 Å². The molecule has 3 N–H and O–H groups in total. The Labute approximate surface area is 102 Å². The van der Waals surface area contributed by atoms with Crippen LogP contribution in [0.2, 0.25) is 0 Å². The van der Waals surface area contributed by atoms with E-state index in [2.05, 4.69) is 5.32 Å². The Hall–Kier alpha value is -0.950. The minimum atomic E-state index is -3.62. The van der Waals surface area contributed by atoms with Crippen LogP contribution in [-0.2, 0) is 10.0 Å². The zero-order chi connectivity index (χ0) is 12.3. The van der Waals surface area contributed by atoms with Crippen LogP contribution in [0, 0.1) is 0 Å². The first-order valence-corrected chi connectivity index (χ1v) is 7.21. The number of nitrogens with one attached hydrogen (secondary N) is 1. The molecule has 17 heavy (non-hydrogen) atoms. The second-order valence-corrected chi connectivity index (χ2v) is 5.76. The van der Waals surface area contributed by atoms with Crippen molar-refractivity contribution in [2.45, 2.75) is 5.37 Å². The highest BCUT2D eigenvalue weighted by atomic mass is 32.2. The Bertz CT molecular complexity index is 455. The van der Waals surface area contributed by atoms with Crippen LogP contribution in [0.5, 0.6) is 0 Å². The Morgan fingerprint density at radius 2 is 1.76 bits per heavy atom. The zero-order valence-electron chi connectivity index (χ0n) is 9.54. The molecular formula is C11H17N3O2S. The predicted octanol–water partition coefficient (Wildman–Crippen LogP) is -0.121. The highest BCUT2D eigenvalue weighted by Crippen LogP contribution is 2.24. The highest BCUT2D eigenvalue weighted by Gasteiger charge is 2.30. The second kappa shape index (κ2) is 5.14. The van der Waals surface area contributed by atoms with Gasteiger partial charge in [-0.3, -0.25) is 4.90 Å². The van der Waals surface area contributed by atoms with Crippen LogP contribution < -0.4 is 10.5 Å². The minimum absolute atomic E-state index is 0.690. The van der Waals surface area contributed by atoms with E-state index >= 15 is 0 Å². The molecule has 1 aliphatic rings. The fourth-order valence-corrected chi connectivity index (χ4v) is 3.31. The lowest BCUT2D eigenvalue weighted by atomic mass is 10.2. The summed E-state index contributed by atoms with van der Waals surface area (Å²) in [5, 5.41) is 7.82. The molecule has 0 bridgehead atoms. The van der Waals surface area contributed by atoms with E-state index in [4.69, 9.17) is 5.14 Å². The van der Waals surface area contributed by atoms with Crippen LogP contribution in [0.15, 0.2) is 30.3 Å². The monoisotopic (exact) mass is 255 g/mol. The Morgan fingerprint density at radius 3 is 2.29 bits per heavy atom. The number of nitrogens with zero attached hydrogens (tertiary/aromatic N) is 1. The average molecular weight is 255 g/mol. The van der Waals surface area contributed by atoms with Gasteiger partial charge in [-0.15, -0.1) is 0 Å². The molecular weight excluding hydrogens is 238 g/mol. The van der Waals surface area contributed by atoms with Crippen molar-refractivity contribution < 1.29 is 8.42 Å². The first kappa shape index (κ1) is 12.5. The third-order valence-electron chi connectivity index (χ3n) is 2.88. The molecule has 1 saturated heterocycles. The van der Waals surface area contributed by atoms with Crippen molar-refractivity contribution in [2.24, 2.45) is 5.14 Å². The van der Waals surface area contributed by atoms with E-state index in [1.165, 1.54) is 0 Å². The van der Waals surface area contributed by atoms with Crippen molar-refractivity contribution in [1.82, 2.24) is 10.2 Å². The van der Waals surface area contributed by atoms with Gasteiger partial charge in [0.2, 0.25) is 10.0 Å². The molecule has 1 aromatic carbocycles. The maximum absolute atomic E-state index is 11.7. The Kier molecular flexibility index (Phi) is 3.78. The molecule has 94 valence electrons. The van der Waals surface area contributed by atoms with Gasteiger partial charge >= 0.3 is 0 Å². The SMILES string of the molecule is NS(=O)(=O)C(c1ccccc1)N1CCNCC1. The number of hydrogen-bond donors (Lipinski definition) is 2. The molecule has 0 amide bonds. The first-order valence-electron chi connectivity index (χ1n) is 5.60. The van der Waals surface area contributed by atoms with Gasteiger partial charge in [0.05, 0.1) is 0 Å². The first-order chi connectivity index (χ1) is 8.09. The van der Waals surface area contributed by atoms with Crippen molar-refractivity contribution in [3.63, 3.8) is 0 Å². The quantitative estimate of drug-likeness (QED) is 0.789. The van der Waals surface area contributed by atoms with Crippen LogP contribution in [0.4, 0.5) is 0 Å². The van der Waals surface area contributed by atoms with Crippen LogP contribution in [0.25, 0.3) is 0 Å². The molecule has 2 rings (SSSR count). The summed E-state index contributed by atoms with van der Waals surface area (Å²) in [6.07, 6.45) is 0. The lowest BCUT2D eigenvalue weighted by Gasteiger charge is -2.33. The van der Waals surface area contributed by atoms with Crippen molar-refractivity contribution in [3.8, 4) is 0 Å². The highest BCUT2D eigenvalue weighted by molar-refractivity contribution is 7.89. The van der Waals surface area contributed by atoms with E-state index in [9.17, 15) is 8.42 Å². The third-order valence-corrected chi connectivity index (χ3v) is 4.07. The van der Waals surface area contributed by atoms with Crippen LogP contribution in [0.1, 0.15) is 10.9 Å². The molecule has 0 aliphatic carbocycles. The average Bonchev–Trinajstić information content (AvgIpc) is 2.30. The smallest absolute Gasteiger partial charge is 0.229 e. The van der Waals surface area contributed by atoms with E-state index in [-0.39, 0.29) is 0 Å². The van der Waals surface area contributed by atoms with Gasteiger partial charge < -0.3 is 5.32 Å². The molecule has 1 heterocycles. The number of benzene rings is 1. The van der Waals surface area contributed by atoms with Gasteiger partial charge in [-0.25, -0.2) is 13.6 Å². The van der Waals surface area contributed by atoms with E-state index in [0.717, 1.165) is 18.7 Å². The Morgan fingerprint density at radius 1 is 1.18 bits per heavy atom. The maximum Gasteiger partial charge on any atom is 0.229 e. The molecule has 1 aliphatic heterocycles. The molecule has 1 unspecified atom stereocenters. The summed E-state index contributed by atoms with van der Waals surface area (Å²) in [7, 11) is -3.62. The topological polar surface area (TPSA) is 75.4 Å². The van der Waals surface area contributed by atoms with E-state index in [0.29, 0.717) is 13.1 Å². The summed E-state index contributed by atoms with van der Waals surface area (Å²) in [4.78, 5) is 1.90. The molecule has 0 spiro atoms. The van der Waals surface area contributed by atoms with Crippen LogP contribution in [-0.4, -0.2) is 39.5 Å². The zero-order valence-corrected chi connectivity index (χ0v) is 10.4. The minimum Gasteiger partial charge on any atom is -0.314 e. The van der Waals surface area contributed by atoms with Gasteiger partial charge in [0.15, 0.2) is 5.37 Å². The summed E-state index contributed by atoms with van der Waals surface area (Å²) in [5.41, 5.74) is 0.733. The van der Waals surface area contributed by atoms with Gasteiger partial charge in [-0.1, -0.05) is 30.3 Å². The second-order valence-electron chi connectivity index (χ2n) is 4.14. The van der Waals surface area contributed by atoms with E-state index < -0.39 is 15.4 Å². The predicted molar refractivity (Wildman–Crippen MR) is 66.7 cm³/mol. The maximum atomic E-state index is 11.7. The van der Waals surface area contributed by atoms with Gasteiger partial charge in [-0.05, 0) is 5.56 Å².